The molecule has 0 amide bonds. The number of nitrogen functional groups attached to an aromatic ring is 1. The van der Waals surface area contributed by atoms with Gasteiger partial charge in [-0.15, -0.1) is 0 Å². The molecule has 0 aliphatic carbocycles. The van der Waals surface area contributed by atoms with Crippen LogP contribution >= 0.6 is 0 Å². The minimum absolute atomic E-state index is 0.260. The van der Waals surface area contributed by atoms with Crippen LogP contribution in [0.2, 0.25) is 0 Å². The Morgan fingerprint density at radius 2 is 1.65 bits per heavy atom. The Balaban J connectivity index is 2.73. The van der Waals surface area contributed by atoms with Crippen LogP contribution in [0.5, 0.6) is 5.75 Å². The predicted molar refractivity (Wildman–Crippen MR) is 82.9 cm³/mol. The van der Waals surface area contributed by atoms with E-state index in [1.165, 1.54) is 0 Å². The first-order chi connectivity index (χ1) is 9.32. The van der Waals surface area contributed by atoms with Crippen LogP contribution in [-0.2, 0) is 7.05 Å². The normalized spacial score (nSPS) is 11.6. The Morgan fingerprint density at radius 3 is 2.10 bits per heavy atom. The Bertz CT molecular complexity index is 607. The first kappa shape index (κ1) is 14.4. The smallest absolute Gasteiger partial charge is 0.128 e. The van der Waals surface area contributed by atoms with E-state index in [0.717, 1.165) is 22.4 Å². The topological polar surface area (TPSA) is 64.1 Å². The molecule has 0 saturated heterocycles. The highest BCUT2D eigenvalue weighted by Gasteiger charge is 2.20. The summed E-state index contributed by atoms with van der Waals surface area (Å²) in [5, 5.41) is 15.1. The van der Waals surface area contributed by atoms with Crippen molar-refractivity contribution >= 4 is 5.82 Å². The van der Waals surface area contributed by atoms with Crippen molar-refractivity contribution in [3.05, 3.63) is 29.3 Å². The minimum Gasteiger partial charge on any atom is -0.507 e. The number of benzene rings is 1. The lowest BCUT2D eigenvalue weighted by Gasteiger charge is -2.17. The Kier molecular flexibility index (Phi) is 3.75. The molecule has 1 aromatic heterocycles. The fourth-order valence-electron chi connectivity index (χ4n) is 2.44. The largest absolute Gasteiger partial charge is 0.507 e. The molecule has 2 rings (SSSR count). The molecule has 0 radical (unpaired) electrons. The molecule has 0 bridgehead atoms. The van der Waals surface area contributed by atoms with Crippen LogP contribution in [0.3, 0.4) is 0 Å². The van der Waals surface area contributed by atoms with Gasteiger partial charge >= 0.3 is 0 Å². The van der Waals surface area contributed by atoms with Gasteiger partial charge in [0.25, 0.3) is 0 Å². The number of anilines is 1. The zero-order valence-electron chi connectivity index (χ0n) is 12.8. The lowest BCUT2D eigenvalue weighted by Crippen LogP contribution is -1.99. The van der Waals surface area contributed by atoms with Gasteiger partial charge in [-0.3, -0.25) is 4.68 Å². The summed E-state index contributed by atoms with van der Waals surface area (Å²) in [6.07, 6.45) is 0. The lowest BCUT2D eigenvalue weighted by molar-refractivity contribution is 0.465. The van der Waals surface area contributed by atoms with E-state index in [-0.39, 0.29) is 5.92 Å². The van der Waals surface area contributed by atoms with E-state index < -0.39 is 0 Å². The average molecular weight is 273 g/mol. The number of phenols is 1. The second kappa shape index (κ2) is 5.19. The van der Waals surface area contributed by atoms with E-state index in [1.54, 1.807) is 11.7 Å². The third kappa shape index (κ3) is 2.38. The van der Waals surface area contributed by atoms with Gasteiger partial charge < -0.3 is 10.8 Å². The van der Waals surface area contributed by atoms with Crippen LogP contribution in [0.15, 0.2) is 18.2 Å². The molecule has 0 aliphatic heterocycles. The summed E-state index contributed by atoms with van der Waals surface area (Å²) < 4.78 is 1.63. The number of rotatable bonds is 3. The number of nitrogens with zero attached hydrogens (tertiary/aromatic N) is 2. The number of aryl methyl sites for hydroxylation is 1. The van der Waals surface area contributed by atoms with Crippen molar-refractivity contribution in [2.24, 2.45) is 7.05 Å². The standard InChI is InChI=1S/C16H23N3O/c1-9(2)11-6-7-12(10(3)4)16(20)15(11)13-8-14(17)19(5)18-13/h6-10,20H,17H2,1-5H3. The van der Waals surface area contributed by atoms with E-state index in [1.807, 2.05) is 12.1 Å². The summed E-state index contributed by atoms with van der Waals surface area (Å²) in [6.45, 7) is 8.36. The molecule has 0 fully saturated rings. The molecule has 1 aromatic carbocycles. The quantitative estimate of drug-likeness (QED) is 0.897. The molecule has 0 saturated carbocycles. The second-order valence-electron chi connectivity index (χ2n) is 5.86. The molecule has 0 atom stereocenters. The van der Waals surface area contributed by atoms with Gasteiger partial charge in [-0.25, -0.2) is 0 Å². The van der Waals surface area contributed by atoms with E-state index in [9.17, 15) is 5.11 Å². The molecule has 0 spiro atoms. The minimum atomic E-state index is 0.260. The van der Waals surface area contributed by atoms with Crippen molar-refractivity contribution in [1.29, 1.82) is 0 Å². The van der Waals surface area contributed by atoms with Crippen LogP contribution in [0.1, 0.15) is 50.7 Å². The van der Waals surface area contributed by atoms with Crippen LogP contribution in [-0.4, -0.2) is 14.9 Å². The highest BCUT2D eigenvalue weighted by atomic mass is 16.3. The number of hydrogen-bond acceptors (Lipinski definition) is 3. The number of aromatic nitrogens is 2. The average Bonchev–Trinajstić information content (AvgIpc) is 2.68. The zero-order chi connectivity index (χ0) is 15.0. The van der Waals surface area contributed by atoms with Gasteiger partial charge in [-0.2, -0.15) is 5.10 Å². The van der Waals surface area contributed by atoms with Crippen LogP contribution in [0.25, 0.3) is 11.3 Å². The van der Waals surface area contributed by atoms with Gasteiger partial charge in [0, 0.05) is 18.7 Å². The van der Waals surface area contributed by atoms with Gasteiger partial charge in [0.15, 0.2) is 0 Å². The molecule has 4 heteroatoms. The van der Waals surface area contributed by atoms with Crippen molar-refractivity contribution in [3.8, 4) is 17.0 Å². The summed E-state index contributed by atoms with van der Waals surface area (Å²) in [5.41, 5.74) is 9.43. The number of nitrogens with two attached hydrogens (primary N) is 1. The molecule has 2 aromatic rings. The number of phenolic OH excluding ortho intramolecular Hbond substituents is 1. The summed E-state index contributed by atoms with van der Waals surface area (Å²) in [4.78, 5) is 0. The summed E-state index contributed by atoms with van der Waals surface area (Å²) in [7, 11) is 1.80. The molecule has 20 heavy (non-hydrogen) atoms. The Hall–Kier alpha value is -1.97. The molecule has 108 valence electrons. The van der Waals surface area contributed by atoms with Gasteiger partial charge in [-0.1, -0.05) is 39.8 Å². The van der Waals surface area contributed by atoms with Crippen molar-refractivity contribution in [3.63, 3.8) is 0 Å². The zero-order valence-corrected chi connectivity index (χ0v) is 12.8. The highest BCUT2D eigenvalue weighted by Crippen LogP contribution is 2.41. The summed E-state index contributed by atoms with van der Waals surface area (Å²) in [5.74, 6) is 1.48. The fourth-order valence-corrected chi connectivity index (χ4v) is 2.44. The fraction of sp³-hybridized carbons (Fsp3) is 0.438. The monoisotopic (exact) mass is 273 g/mol. The first-order valence-electron chi connectivity index (χ1n) is 6.98. The van der Waals surface area contributed by atoms with Crippen LogP contribution < -0.4 is 5.73 Å². The maximum absolute atomic E-state index is 10.7. The second-order valence-corrected chi connectivity index (χ2v) is 5.86. The maximum atomic E-state index is 10.7. The SMILES string of the molecule is CC(C)c1ccc(C(C)C)c(-c2cc(N)n(C)n2)c1O. The number of aromatic hydroxyl groups is 1. The maximum Gasteiger partial charge on any atom is 0.128 e. The third-order valence-corrected chi connectivity index (χ3v) is 3.66. The van der Waals surface area contributed by atoms with E-state index in [2.05, 4.69) is 38.9 Å². The first-order valence-corrected chi connectivity index (χ1v) is 6.98. The molecule has 4 nitrogen and oxygen atoms in total. The van der Waals surface area contributed by atoms with Crippen molar-refractivity contribution < 1.29 is 5.11 Å². The van der Waals surface area contributed by atoms with E-state index in [0.29, 0.717) is 17.5 Å². The number of hydrogen-bond donors (Lipinski definition) is 2. The Labute approximate surface area is 120 Å². The van der Waals surface area contributed by atoms with Crippen molar-refractivity contribution in [2.45, 2.75) is 39.5 Å². The predicted octanol–water partition coefficient (Wildman–Crippen LogP) is 3.62. The van der Waals surface area contributed by atoms with Gasteiger partial charge in [0.2, 0.25) is 0 Å². The third-order valence-electron chi connectivity index (χ3n) is 3.66. The molecule has 0 unspecified atom stereocenters. The van der Waals surface area contributed by atoms with E-state index >= 15 is 0 Å². The lowest BCUT2D eigenvalue weighted by atomic mass is 9.89. The van der Waals surface area contributed by atoms with Gasteiger partial charge in [0.05, 0.1) is 5.69 Å². The molecule has 0 aliphatic rings. The molecular weight excluding hydrogens is 250 g/mol. The molecular formula is C16H23N3O. The highest BCUT2D eigenvalue weighted by molar-refractivity contribution is 5.75. The van der Waals surface area contributed by atoms with Crippen LogP contribution in [0, 0.1) is 0 Å². The van der Waals surface area contributed by atoms with Crippen molar-refractivity contribution in [2.75, 3.05) is 5.73 Å². The van der Waals surface area contributed by atoms with Gasteiger partial charge in [-0.05, 0) is 23.0 Å². The van der Waals surface area contributed by atoms with Crippen molar-refractivity contribution in [1.82, 2.24) is 9.78 Å². The summed E-state index contributed by atoms with van der Waals surface area (Å²) in [6, 6.07) is 5.90. The summed E-state index contributed by atoms with van der Waals surface area (Å²) >= 11 is 0. The Morgan fingerprint density at radius 1 is 1.10 bits per heavy atom. The van der Waals surface area contributed by atoms with Crippen LogP contribution in [0.4, 0.5) is 5.82 Å². The molecule has 1 heterocycles. The molecule has 3 N–H and O–H groups in total. The van der Waals surface area contributed by atoms with Gasteiger partial charge in [0.1, 0.15) is 11.6 Å². The van der Waals surface area contributed by atoms with E-state index in [4.69, 9.17) is 5.73 Å².